The minimum atomic E-state index is -3.94. The van der Waals surface area contributed by atoms with Crippen LogP contribution in [0, 0.1) is 18.6 Å². The molecule has 0 saturated carbocycles. The van der Waals surface area contributed by atoms with Crippen LogP contribution in [0.25, 0.3) is 11.4 Å². The van der Waals surface area contributed by atoms with Crippen molar-refractivity contribution < 1.29 is 31.3 Å². The monoisotopic (exact) mass is 519 g/mol. The zero-order chi connectivity index (χ0) is 25.4. The van der Waals surface area contributed by atoms with Crippen molar-refractivity contribution in [2.45, 2.75) is 17.9 Å². The number of cyclic esters (lactones) is 1. The van der Waals surface area contributed by atoms with Gasteiger partial charge in [-0.3, -0.25) is 9.80 Å². The Bertz CT molecular complexity index is 1370. The van der Waals surface area contributed by atoms with Crippen LogP contribution in [0.2, 0.25) is 0 Å². The van der Waals surface area contributed by atoms with Crippen molar-refractivity contribution >= 4 is 21.8 Å². The van der Waals surface area contributed by atoms with E-state index in [1.807, 2.05) is 4.90 Å². The van der Waals surface area contributed by atoms with Gasteiger partial charge in [-0.15, -0.1) is 0 Å². The average Bonchev–Trinajstić information content (AvgIpc) is 3.46. The van der Waals surface area contributed by atoms with Crippen LogP contribution in [-0.2, 0) is 14.8 Å². The molecule has 2 fully saturated rings. The number of carbonyl (C=O) groups is 1. The molecule has 1 amide bonds. The molecule has 3 heterocycles. The first-order valence-electron chi connectivity index (χ1n) is 11.3. The minimum absolute atomic E-state index is 0.183. The van der Waals surface area contributed by atoms with Gasteiger partial charge >= 0.3 is 6.09 Å². The van der Waals surface area contributed by atoms with Crippen LogP contribution < -0.4 is 4.90 Å². The van der Waals surface area contributed by atoms with Gasteiger partial charge in [0.15, 0.2) is 11.6 Å². The number of carbonyl (C=O) groups excluding carboxylic acids is 1. The molecule has 0 aliphatic carbocycles. The van der Waals surface area contributed by atoms with Gasteiger partial charge in [0.25, 0.3) is 0 Å². The Morgan fingerprint density at radius 2 is 1.75 bits per heavy atom. The third-order valence-corrected chi connectivity index (χ3v) is 8.06. The Morgan fingerprint density at radius 3 is 2.39 bits per heavy atom. The minimum Gasteiger partial charge on any atom is -0.443 e. The van der Waals surface area contributed by atoms with Crippen molar-refractivity contribution in [3.8, 4) is 11.4 Å². The van der Waals surface area contributed by atoms with Gasteiger partial charge < -0.3 is 9.26 Å². The Hall–Kier alpha value is -3.42. The van der Waals surface area contributed by atoms with Crippen LogP contribution in [0.4, 0.5) is 19.3 Å². The molecule has 1 aromatic heterocycles. The smallest absolute Gasteiger partial charge is 0.414 e. The first-order chi connectivity index (χ1) is 17.2. The Balaban J connectivity index is 1.16. The highest BCUT2D eigenvalue weighted by Gasteiger charge is 2.35. The zero-order valence-electron chi connectivity index (χ0n) is 19.3. The number of hydrogen-bond donors (Lipinski definition) is 0. The topological polar surface area (TPSA) is 109 Å². The van der Waals surface area contributed by atoms with Crippen molar-refractivity contribution in [2.75, 3.05) is 44.2 Å². The second kappa shape index (κ2) is 9.56. The summed E-state index contributed by atoms with van der Waals surface area (Å²) >= 11 is 0. The molecule has 3 aromatic rings. The molecule has 1 atom stereocenters. The van der Waals surface area contributed by atoms with Crippen molar-refractivity contribution in [1.29, 1.82) is 0 Å². The summed E-state index contributed by atoms with van der Waals surface area (Å²) in [6.45, 7) is 3.70. The van der Waals surface area contributed by atoms with E-state index in [0.29, 0.717) is 49.6 Å². The summed E-state index contributed by atoms with van der Waals surface area (Å²) in [6.07, 6.45) is -0.839. The van der Waals surface area contributed by atoms with Crippen molar-refractivity contribution in [3.05, 3.63) is 60.0 Å². The van der Waals surface area contributed by atoms with Crippen LogP contribution in [-0.4, -0.2) is 79.2 Å². The summed E-state index contributed by atoms with van der Waals surface area (Å²) in [4.78, 5) is 19.9. The van der Waals surface area contributed by atoms with Crippen LogP contribution in [0.5, 0.6) is 0 Å². The van der Waals surface area contributed by atoms with Crippen molar-refractivity contribution in [3.63, 3.8) is 0 Å². The molecule has 0 radical (unpaired) electrons. The standard InChI is InChI=1S/C23H23F2N5O5S/c1-15-26-22(27-35-15)16-2-4-17(5-3-16)30-14-18(34-23(30)31)13-28-8-10-29(11-9-28)36(32,33)19-6-7-20(24)21(25)12-19/h2-7,12,18H,8-11,13-14H2,1H3. The van der Waals surface area contributed by atoms with Crippen LogP contribution in [0.15, 0.2) is 51.9 Å². The first kappa shape index (κ1) is 24.3. The van der Waals surface area contributed by atoms with Gasteiger partial charge in [0, 0.05) is 50.9 Å². The summed E-state index contributed by atoms with van der Waals surface area (Å²) in [5.74, 6) is -1.38. The molecular weight excluding hydrogens is 496 g/mol. The summed E-state index contributed by atoms with van der Waals surface area (Å²) in [5, 5.41) is 3.88. The molecule has 2 aliphatic rings. The molecule has 2 aliphatic heterocycles. The zero-order valence-corrected chi connectivity index (χ0v) is 20.1. The maximum Gasteiger partial charge on any atom is 0.414 e. The van der Waals surface area contributed by atoms with E-state index in [2.05, 4.69) is 10.1 Å². The van der Waals surface area contributed by atoms with Gasteiger partial charge in [-0.2, -0.15) is 9.29 Å². The molecule has 10 nitrogen and oxygen atoms in total. The van der Waals surface area contributed by atoms with Crippen LogP contribution in [0.1, 0.15) is 5.89 Å². The van der Waals surface area contributed by atoms with Crippen molar-refractivity contribution in [2.24, 2.45) is 0 Å². The van der Waals surface area contributed by atoms with Gasteiger partial charge in [-0.25, -0.2) is 22.0 Å². The van der Waals surface area contributed by atoms with E-state index in [0.717, 1.165) is 17.7 Å². The highest BCUT2D eigenvalue weighted by Crippen LogP contribution is 2.26. The fraction of sp³-hybridized carbons (Fsp3) is 0.348. The van der Waals surface area contributed by atoms with E-state index >= 15 is 0 Å². The number of benzene rings is 2. The number of rotatable bonds is 6. The van der Waals surface area contributed by atoms with E-state index in [1.165, 1.54) is 4.31 Å². The molecule has 0 spiro atoms. The predicted molar refractivity (Wildman–Crippen MR) is 124 cm³/mol. The molecule has 190 valence electrons. The number of ether oxygens (including phenoxy) is 1. The number of halogens is 2. The second-order valence-electron chi connectivity index (χ2n) is 8.58. The highest BCUT2D eigenvalue weighted by molar-refractivity contribution is 7.89. The van der Waals surface area contributed by atoms with E-state index in [9.17, 15) is 22.0 Å². The van der Waals surface area contributed by atoms with Crippen LogP contribution in [0.3, 0.4) is 0 Å². The Morgan fingerprint density at radius 1 is 1.03 bits per heavy atom. The van der Waals surface area contributed by atoms with E-state index in [1.54, 1.807) is 36.1 Å². The predicted octanol–water partition coefficient (Wildman–Crippen LogP) is 2.65. The number of amides is 1. The largest absolute Gasteiger partial charge is 0.443 e. The number of nitrogens with zero attached hydrogens (tertiary/aromatic N) is 5. The Labute approximate surface area is 206 Å². The highest BCUT2D eigenvalue weighted by atomic mass is 32.2. The maximum absolute atomic E-state index is 13.5. The average molecular weight is 520 g/mol. The summed E-state index contributed by atoms with van der Waals surface area (Å²) in [5.41, 5.74) is 1.44. The quantitative estimate of drug-likeness (QED) is 0.489. The number of hydrogen-bond acceptors (Lipinski definition) is 8. The second-order valence-corrected chi connectivity index (χ2v) is 10.5. The Kier molecular flexibility index (Phi) is 6.45. The number of aryl methyl sites for hydroxylation is 1. The lowest BCUT2D eigenvalue weighted by Crippen LogP contribution is -2.50. The normalized spacial score (nSPS) is 19.6. The van der Waals surface area contributed by atoms with E-state index in [4.69, 9.17) is 9.26 Å². The molecular formula is C23H23F2N5O5S. The summed E-state index contributed by atoms with van der Waals surface area (Å²) in [6, 6.07) is 9.72. The third-order valence-electron chi connectivity index (χ3n) is 6.16. The van der Waals surface area contributed by atoms with Crippen LogP contribution >= 0.6 is 0 Å². The number of piperazine rings is 1. The van der Waals surface area contributed by atoms with Gasteiger partial charge in [0.2, 0.25) is 21.7 Å². The number of aromatic nitrogens is 2. The van der Waals surface area contributed by atoms with E-state index in [-0.39, 0.29) is 24.1 Å². The molecule has 2 saturated heterocycles. The molecule has 0 bridgehead atoms. The summed E-state index contributed by atoms with van der Waals surface area (Å²) in [7, 11) is -3.94. The van der Waals surface area contributed by atoms with E-state index < -0.39 is 27.8 Å². The van der Waals surface area contributed by atoms with Gasteiger partial charge in [-0.1, -0.05) is 5.16 Å². The molecule has 2 aromatic carbocycles. The lowest BCUT2D eigenvalue weighted by molar-refractivity contribution is 0.0937. The molecule has 0 N–H and O–H groups in total. The SMILES string of the molecule is Cc1nc(-c2ccc(N3CC(CN4CCN(S(=O)(=O)c5ccc(F)c(F)c5)CC4)OC3=O)cc2)no1. The number of sulfonamides is 1. The molecule has 5 rings (SSSR count). The van der Waals surface area contributed by atoms with Gasteiger partial charge in [0.1, 0.15) is 6.10 Å². The first-order valence-corrected chi connectivity index (χ1v) is 12.7. The fourth-order valence-corrected chi connectivity index (χ4v) is 5.70. The molecule has 13 heteroatoms. The maximum atomic E-state index is 13.5. The third kappa shape index (κ3) is 4.81. The van der Waals surface area contributed by atoms with Crippen molar-refractivity contribution in [1.82, 2.24) is 19.3 Å². The lowest BCUT2D eigenvalue weighted by Gasteiger charge is -2.34. The van der Waals surface area contributed by atoms with Gasteiger partial charge in [0.05, 0.1) is 11.4 Å². The fourth-order valence-electron chi connectivity index (χ4n) is 4.26. The van der Waals surface area contributed by atoms with Gasteiger partial charge in [-0.05, 0) is 42.5 Å². The summed E-state index contributed by atoms with van der Waals surface area (Å²) < 4.78 is 64.1. The number of anilines is 1. The lowest BCUT2D eigenvalue weighted by atomic mass is 10.2. The molecule has 1 unspecified atom stereocenters. The molecule has 36 heavy (non-hydrogen) atoms.